The number of carbonyl (C=O) groups excluding carboxylic acids is 2. The van der Waals surface area contributed by atoms with Crippen LogP contribution in [0.25, 0.3) is 0 Å². The number of hydrogen-bond acceptors (Lipinski definition) is 5. The van der Waals surface area contributed by atoms with Gasteiger partial charge in [-0.2, -0.15) is 0 Å². The molecule has 0 unspecified atom stereocenters. The van der Waals surface area contributed by atoms with Crippen LogP contribution in [0.5, 0.6) is 0 Å². The molecule has 0 aliphatic carbocycles. The van der Waals surface area contributed by atoms with E-state index >= 15 is 0 Å². The molecule has 8 heteroatoms. The molecule has 0 spiro atoms. The summed E-state index contributed by atoms with van der Waals surface area (Å²) in [4.78, 5) is 33.9. The number of methoxy groups -OCH3 is 1. The van der Waals surface area contributed by atoms with Crippen molar-refractivity contribution in [2.24, 2.45) is 0 Å². The van der Waals surface area contributed by atoms with E-state index in [9.17, 15) is 14.4 Å². The number of carboxylic acid groups (broad SMARTS) is 1. The van der Waals surface area contributed by atoms with E-state index in [2.05, 4.69) is 15.2 Å². The first-order valence-electron chi connectivity index (χ1n) is 6.25. The summed E-state index contributed by atoms with van der Waals surface area (Å²) < 4.78 is 6.01. The molecule has 0 saturated heterocycles. The van der Waals surface area contributed by atoms with Gasteiger partial charge < -0.3 is 15.2 Å². The highest BCUT2D eigenvalue weighted by Crippen LogP contribution is 2.06. The SMILES string of the molecule is COC(=O)C(C)(C)NC(=O)c1cc[n+](CCC(=O)O)nc1. The fourth-order valence-corrected chi connectivity index (χ4v) is 1.52. The number of nitrogens with zero attached hydrogens (tertiary/aromatic N) is 2. The Morgan fingerprint density at radius 3 is 2.57 bits per heavy atom. The van der Waals surface area contributed by atoms with E-state index in [-0.39, 0.29) is 18.5 Å². The number of aliphatic carboxylic acids is 1. The lowest BCUT2D eigenvalue weighted by Crippen LogP contribution is -2.50. The topological polar surface area (TPSA) is 109 Å². The Balaban J connectivity index is 2.71. The predicted molar refractivity (Wildman–Crippen MR) is 70.2 cm³/mol. The van der Waals surface area contributed by atoms with Crippen molar-refractivity contribution in [3.05, 3.63) is 24.0 Å². The molecule has 1 heterocycles. The van der Waals surface area contributed by atoms with Gasteiger partial charge in [0.05, 0.1) is 12.7 Å². The van der Waals surface area contributed by atoms with E-state index in [1.165, 1.54) is 44.1 Å². The number of ether oxygens (including phenoxy) is 1. The minimum Gasteiger partial charge on any atom is -0.481 e. The molecule has 0 atom stereocenters. The summed E-state index contributed by atoms with van der Waals surface area (Å²) in [6, 6.07) is 1.50. The highest BCUT2D eigenvalue weighted by atomic mass is 16.5. The van der Waals surface area contributed by atoms with Gasteiger partial charge in [-0.1, -0.05) is 4.68 Å². The number of hydrogen-bond donors (Lipinski definition) is 2. The summed E-state index contributed by atoms with van der Waals surface area (Å²) in [5, 5.41) is 15.1. The van der Waals surface area contributed by atoms with Crippen molar-refractivity contribution in [1.29, 1.82) is 0 Å². The van der Waals surface area contributed by atoms with Crippen LogP contribution in [-0.4, -0.2) is 40.7 Å². The first-order chi connectivity index (χ1) is 9.76. The van der Waals surface area contributed by atoms with Crippen LogP contribution >= 0.6 is 0 Å². The Labute approximate surface area is 121 Å². The van der Waals surface area contributed by atoms with Gasteiger partial charge >= 0.3 is 11.9 Å². The molecule has 0 fully saturated rings. The normalized spacial score (nSPS) is 10.8. The molecule has 0 radical (unpaired) electrons. The maximum Gasteiger partial charge on any atom is 0.330 e. The lowest BCUT2D eigenvalue weighted by atomic mass is 10.1. The molecule has 1 aromatic heterocycles. The van der Waals surface area contributed by atoms with E-state index in [0.29, 0.717) is 0 Å². The van der Waals surface area contributed by atoms with Gasteiger partial charge in [-0.05, 0) is 18.9 Å². The summed E-state index contributed by atoms with van der Waals surface area (Å²) in [5.74, 6) is -1.95. The highest BCUT2D eigenvalue weighted by molar-refractivity contribution is 5.97. The third-order valence-corrected chi connectivity index (χ3v) is 2.71. The number of aryl methyl sites for hydroxylation is 1. The van der Waals surface area contributed by atoms with Crippen molar-refractivity contribution in [2.75, 3.05) is 7.11 Å². The molecule has 2 N–H and O–H groups in total. The number of carbonyl (C=O) groups is 3. The Bertz CT molecular complexity index is 539. The molecule has 0 bridgehead atoms. The van der Waals surface area contributed by atoms with Crippen LogP contribution in [0.15, 0.2) is 18.5 Å². The molecule has 21 heavy (non-hydrogen) atoms. The third kappa shape index (κ3) is 4.83. The van der Waals surface area contributed by atoms with Crippen molar-refractivity contribution in [2.45, 2.75) is 32.4 Å². The Morgan fingerprint density at radius 1 is 1.43 bits per heavy atom. The van der Waals surface area contributed by atoms with Crippen LogP contribution in [0.2, 0.25) is 0 Å². The second kappa shape index (κ2) is 6.78. The van der Waals surface area contributed by atoms with Crippen LogP contribution < -0.4 is 10.00 Å². The monoisotopic (exact) mass is 296 g/mol. The van der Waals surface area contributed by atoms with Crippen molar-refractivity contribution in [3.8, 4) is 0 Å². The number of rotatable bonds is 6. The molecule has 0 aliphatic heterocycles. The molecule has 0 aliphatic rings. The summed E-state index contributed by atoms with van der Waals surface area (Å²) in [7, 11) is 1.24. The van der Waals surface area contributed by atoms with Gasteiger partial charge in [0.15, 0.2) is 12.7 Å². The molecule has 1 aromatic rings. The van der Waals surface area contributed by atoms with Crippen LogP contribution in [0.4, 0.5) is 0 Å². The molecule has 0 aromatic carbocycles. The van der Waals surface area contributed by atoms with Gasteiger partial charge in [0.1, 0.15) is 18.2 Å². The minimum atomic E-state index is -1.15. The summed E-state index contributed by atoms with van der Waals surface area (Å²) in [6.07, 6.45) is 2.76. The lowest BCUT2D eigenvalue weighted by molar-refractivity contribution is -0.753. The maximum atomic E-state index is 12.0. The third-order valence-electron chi connectivity index (χ3n) is 2.71. The number of carboxylic acids is 1. The number of esters is 1. The largest absolute Gasteiger partial charge is 0.481 e. The van der Waals surface area contributed by atoms with Crippen LogP contribution in [0.1, 0.15) is 30.6 Å². The van der Waals surface area contributed by atoms with E-state index in [4.69, 9.17) is 5.11 Å². The van der Waals surface area contributed by atoms with Gasteiger partial charge in [-0.25, -0.2) is 4.79 Å². The van der Waals surface area contributed by atoms with Crippen LogP contribution in [0.3, 0.4) is 0 Å². The van der Waals surface area contributed by atoms with Crippen molar-refractivity contribution in [1.82, 2.24) is 10.4 Å². The Morgan fingerprint density at radius 2 is 2.10 bits per heavy atom. The zero-order chi connectivity index (χ0) is 16.0. The van der Waals surface area contributed by atoms with Crippen molar-refractivity contribution in [3.63, 3.8) is 0 Å². The van der Waals surface area contributed by atoms with Gasteiger partial charge in [0, 0.05) is 6.07 Å². The number of aromatic nitrogens is 2. The molecular weight excluding hydrogens is 278 g/mol. The Hall–Kier alpha value is -2.51. The van der Waals surface area contributed by atoms with Gasteiger partial charge in [-0.15, -0.1) is 0 Å². The lowest BCUT2D eigenvalue weighted by Gasteiger charge is -2.22. The smallest absolute Gasteiger partial charge is 0.330 e. The standard InChI is InChI=1S/C13H17N3O5/c1-13(2,12(20)21-3)15-11(19)9-4-6-16(14-8-9)7-5-10(17)18/h4,6,8H,5,7H2,1-3H3,(H-,15,17,18,19)/p+1. The summed E-state index contributed by atoms with van der Waals surface area (Å²) in [5.41, 5.74) is -0.889. The zero-order valence-corrected chi connectivity index (χ0v) is 12.1. The minimum absolute atomic E-state index is 0.0570. The van der Waals surface area contributed by atoms with Crippen LogP contribution in [-0.2, 0) is 20.9 Å². The highest BCUT2D eigenvalue weighted by Gasteiger charge is 2.31. The molecule has 114 valence electrons. The van der Waals surface area contributed by atoms with Gasteiger partial charge in [-0.3, -0.25) is 9.59 Å². The first-order valence-corrected chi connectivity index (χ1v) is 6.25. The van der Waals surface area contributed by atoms with E-state index in [0.717, 1.165) is 0 Å². The van der Waals surface area contributed by atoms with E-state index < -0.39 is 23.4 Å². The quantitative estimate of drug-likeness (QED) is 0.542. The molecular formula is C13H18N3O5+. The van der Waals surface area contributed by atoms with Gasteiger partial charge in [0.2, 0.25) is 0 Å². The molecule has 8 nitrogen and oxygen atoms in total. The second-order valence-electron chi connectivity index (χ2n) is 4.89. The van der Waals surface area contributed by atoms with Gasteiger partial charge in [0.25, 0.3) is 5.91 Å². The van der Waals surface area contributed by atoms with Crippen LogP contribution in [0, 0.1) is 0 Å². The van der Waals surface area contributed by atoms with E-state index in [1.807, 2.05) is 0 Å². The second-order valence-corrected chi connectivity index (χ2v) is 4.89. The summed E-state index contributed by atoms with van der Waals surface area (Å²) in [6.45, 7) is 3.27. The van der Waals surface area contributed by atoms with Crippen molar-refractivity contribution < 1.29 is 28.9 Å². The first kappa shape index (κ1) is 16.5. The molecule has 0 saturated carbocycles. The average molecular weight is 296 g/mol. The maximum absolute atomic E-state index is 12.0. The Kier molecular flexibility index (Phi) is 5.34. The fraction of sp³-hybridized carbons (Fsp3) is 0.462. The zero-order valence-electron chi connectivity index (χ0n) is 12.1. The summed E-state index contributed by atoms with van der Waals surface area (Å²) >= 11 is 0. The average Bonchev–Trinajstić information content (AvgIpc) is 2.44. The predicted octanol–water partition coefficient (Wildman–Crippen LogP) is -0.475. The fourth-order valence-electron chi connectivity index (χ4n) is 1.52. The number of nitrogens with one attached hydrogen (secondary N) is 1. The number of amides is 1. The molecule has 1 amide bonds. The van der Waals surface area contributed by atoms with Crippen molar-refractivity contribution >= 4 is 17.8 Å². The van der Waals surface area contributed by atoms with E-state index in [1.54, 1.807) is 0 Å². The molecule has 1 rings (SSSR count).